The lowest BCUT2D eigenvalue weighted by Crippen LogP contribution is -2.24. The highest BCUT2D eigenvalue weighted by Gasteiger charge is 2.31. The molecule has 0 aliphatic heterocycles. The summed E-state index contributed by atoms with van der Waals surface area (Å²) in [4.78, 5) is 0. The van der Waals surface area contributed by atoms with Gasteiger partial charge in [-0.1, -0.05) is 0 Å². The lowest BCUT2D eigenvalue weighted by Gasteiger charge is -2.11. The SMILES string of the molecule is CN(C)S(=O)n1ncc(Br)c1C1CC1. The Morgan fingerprint density at radius 2 is 2.29 bits per heavy atom. The first-order valence-corrected chi connectivity index (χ1v) is 6.30. The van der Waals surface area contributed by atoms with Crippen LogP contribution >= 0.6 is 15.9 Å². The largest absolute Gasteiger partial charge is 0.219 e. The van der Waals surface area contributed by atoms with E-state index in [-0.39, 0.29) is 0 Å². The maximum atomic E-state index is 11.8. The van der Waals surface area contributed by atoms with Crippen LogP contribution in [0.4, 0.5) is 0 Å². The van der Waals surface area contributed by atoms with Crippen molar-refractivity contribution in [3.8, 4) is 0 Å². The van der Waals surface area contributed by atoms with Gasteiger partial charge in [0.05, 0.1) is 16.4 Å². The smallest absolute Gasteiger partial charge is 0.217 e. The maximum absolute atomic E-state index is 11.8. The molecule has 1 aromatic heterocycles. The average molecular weight is 278 g/mol. The van der Waals surface area contributed by atoms with E-state index in [1.54, 1.807) is 28.7 Å². The number of aromatic nitrogens is 2. The minimum absolute atomic E-state index is 0.538. The first-order chi connectivity index (χ1) is 6.61. The highest BCUT2D eigenvalue weighted by molar-refractivity contribution is 9.10. The summed E-state index contributed by atoms with van der Waals surface area (Å²) in [6, 6.07) is 0. The molecule has 0 saturated heterocycles. The zero-order chi connectivity index (χ0) is 10.3. The van der Waals surface area contributed by atoms with Gasteiger partial charge in [-0.05, 0) is 28.8 Å². The van der Waals surface area contributed by atoms with Crippen LogP contribution in [-0.2, 0) is 11.2 Å². The van der Waals surface area contributed by atoms with Crippen molar-refractivity contribution >= 4 is 27.1 Å². The molecule has 0 amide bonds. The van der Waals surface area contributed by atoms with E-state index >= 15 is 0 Å². The van der Waals surface area contributed by atoms with Crippen LogP contribution in [0.2, 0.25) is 0 Å². The summed E-state index contributed by atoms with van der Waals surface area (Å²) in [5, 5.41) is 4.13. The van der Waals surface area contributed by atoms with E-state index in [2.05, 4.69) is 21.0 Å². The third-order valence-corrected chi connectivity index (χ3v) is 3.97. The van der Waals surface area contributed by atoms with Crippen LogP contribution < -0.4 is 0 Å². The van der Waals surface area contributed by atoms with Crippen molar-refractivity contribution in [3.63, 3.8) is 0 Å². The number of hydrogen-bond donors (Lipinski definition) is 0. The summed E-state index contributed by atoms with van der Waals surface area (Å²) in [5.41, 5.74) is 1.07. The Hall–Kier alpha value is -0.200. The van der Waals surface area contributed by atoms with Gasteiger partial charge in [0.15, 0.2) is 0 Å². The predicted octanol–water partition coefficient (Wildman–Crippen LogP) is 1.51. The summed E-state index contributed by atoms with van der Waals surface area (Å²) < 4.78 is 16.0. The molecule has 0 spiro atoms. The van der Waals surface area contributed by atoms with E-state index in [0.717, 1.165) is 10.2 Å². The highest BCUT2D eigenvalue weighted by Crippen LogP contribution is 2.43. The van der Waals surface area contributed by atoms with Gasteiger partial charge in [-0.2, -0.15) is 9.19 Å². The topological polar surface area (TPSA) is 38.1 Å². The van der Waals surface area contributed by atoms with Gasteiger partial charge in [0, 0.05) is 20.0 Å². The maximum Gasteiger partial charge on any atom is 0.219 e. The Balaban J connectivity index is 2.37. The molecule has 1 heterocycles. The lowest BCUT2D eigenvalue weighted by molar-refractivity contribution is 0.583. The molecule has 6 heteroatoms. The monoisotopic (exact) mass is 277 g/mol. The summed E-state index contributed by atoms with van der Waals surface area (Å²) in [7, 11) is 3.56. The van der Waals surface area contributed by atoms with E-state index in [4.69, 9.17) is 0 Å². The van der Waals surface area contributed by atoms with Gasteiger partial charge >= 0.3 is 0 Å². The summed E-state index contributed by atoms with van der Waals surface area (Å²) >= 11 is 2.24. The first kappa shape index (κ1) is 10.3. The van der Waals surface area contributed by atoms with Crippen LogP contribution in [0.15, 0.2) is 10.7 Å². The van der Waals surface area contributed by atoms with Crippen LogP contribution in [-0.4, -0.2) is 31.8 Å². The van der Waals surface area contributed by atoms with Crippen LogP contribution in [0, 0.1) is 0 Å². The molecule has 1 unspecified atom stereocenters. The predicted molar refractivity (Wildman–Crippen MR) is 59.1 cm³/mol. The van der Waals surface area contributed by atoms with Crippen molar-refractivity contribution in [2.45, 2.75) is 18.8 Å². The molecule has 14 heavy (non-hydrogen) atoms. The quantitative estimate of drug-likeness (QED) is 0.840. The Kier molecular flexibility index (Phi) is 2.77. The van der Waals surface area contributed by atoms with Crippen molar-refractivity contribution in [3.05, 3.63) is 16.4 Å². The van der Waals surface area contributed by atoms with E-state index < -0.39 is 11.2 Å². The summed E-state index contributed by atoms with van der Waals surface area (Å²) in [5.74, 6) is 0.538. The standard InChI is InChI=1S/C8H12BrN3OS/c1-11(2)14(13)12-8(6-3-4-6)7(9)5-10-12/h5-6H,3-4H2,1-2H3. The fraction of sp³-hybridized carbons (Fsp3) is 0.625. The fourth-order valence-electron chi connectivity index (χ4n) is 1.31. The highest BCUT2D eigenvalue weighted by atomic mass is 79.9. The molecule has 0 bridgehead atoms. The average Bonchev–Trinajstić information content (AvgIpc) is 2.89. The van der Waals surface area contributed by atoms with Crippen molar-refractivity contribution in [2.24, 2.45) is 0 Å². The number of halogens is 1. The molecule has 4 nitrogen and oxygen atoms in total. The van der Waals surface area contributed by atoms with Crippen LogP contribution in [0.1, 0.15) is 24.5 Å². The second-order valence-corrected chi connectivity index (χ2v) is 5.96. The normalized spacial score (nSPS) is 18.9. The third kappa shape index (κ3) is 1.78. The van der Waals surface area contributed by atoms with Crippen LogP contribution in [0.25, 0.3) is 0 Å². The minimum atomic E-state index is -1.20. The van der Waals surface area contributed by atoms with Crippen molar-refractivity contribution in [2.75, 3.05) is 14.1 Å². The van der Waals surface area contributed by atoms with Gasteiger partial charge < -0.3 is 0 Å². The second kappa shape index (κ2) is 3.75. The molecule has 1 aromatic rings. The Morgan fingerprint density at radius 1 is 1.64 bits per heavy atom. The molecule has 1 atom stereocenters. The van der Waals surface area contributed by atoms with E-state index in [1.165, 1.54) is 12.8 Å². The Morgan fingerprint density at radius 3 is 2.79 bits per heavy atom. The molecule has 0 N–H and O–H groups in total. The zero-order valence-electron chi connectivity index (χ0n) is 8.11. The lowest BCUT2D eigenvalue weighted by atomic mass is 10.3. The first-order valence-electron chi connectivity index (χ1n) is 4.44. The van der Waals surface area contributed by atoms with E-state index in [9.17, 15) is 4.21 Å². The van der Waals surface area contributed by atoms with E-state index in [1.807, 2.05) is 0 Å². The van der Waals surface area contributed by atoms with Crippen LogP contribution in [0.5, 0.6) is 0 Å². The van der Waals surface area contributed by atoms with Gasteiger partial charge in [0.25, 0.3) is 0 Å². The van der Waals surface area contributed by atoms with Gasteiger partial charge in [0.1, 0.15) is 0 Å². The number of nitrogens with zero attached hydrogens (tertiary/aromatic N) is 3. The molecule has 2 rings (SSSR count). The Labute approximate surface area is 94.1 Å². The van der Waals surface area contributed by atoms with Gasteiger partial charge in [-0.3, -0.25) is 0 Å². The minimum Gasteiger partial charge on any atom is -0.217 e. The van der Waals surface area contributed by atoms with Crippen LogP contribution in [0.3, 0.4) is 0 Å². The molecule has 78 valence electrons. The van der Waals surface area contributed by atoms with Gasteiger partial charge in [0.2, 0.25) is 11.2 Å². The van der Waals surface area contributed by atoms with E-state index in [0.29, 0.717) is 5.92 Å². The van der Waals surface area contributed by atoms with Crippen molar-refractivity contribution in [1.29, 1.82) is 0 Å². The number of hydrogen-bond acceptors (Lipinski definition) is 2. The molecule has 1 aliphatic carbocycles. The third-order valence-electron chi connectivity index (χ3n) is 2.15. The van der Waals surface area contributed by atoms with Crippen molar-refractivity contribution in [1.82, 2.24) is 13.5 Å². The molecule has 1 saturated carbocycles. The molecule has 1 aliphatic rings. The Bertz CT molecular complexity index is 373. The summed E-state index contributed by atoms with van der Waals surface area (Å²) in [6.07, 6.45) is 4.07. The number of rotatable bonds is 3. The summed E-state index contributed by atoms with van der Waals surface area (Å²) in [6.45, 7) is 0. The fourth-order valence-corrected chi connectivity index (χ4v) is 2.86. The van der Waals surface area contributed by atoms with Gasteiger partial charge in [-0.15, -0.1) is 0 Å². The second-order valence-electron chi connectivity index (χ2n) is 3.57. The molecular formula is C8H12BrN3OS. The molecule has 0 aromatic carbocycles. The molecule has 1 fully saturated rings. The molecular weight excluding hydrogens is 266 g/mol. The van der Waals surface area contributed by atoms with Crippen molar-refractivity contribution < 1.29 is 4.21 Å². The van der Waals surface area contributed by atoms with Gasteiger partial charge in [-0.25, -0.2) is 8.51 Å². The zero-order valence-corrected chi connectivity index (χ0v) is 10.5. The molecule has 0 radical (unpaired) electrons.